The number of aliphatic imine (C=N–C) groups is 1. The zero-order chi connectivity index (χ0) is 17.4. The third kappa shape index (κ3) is 3.24. The molecule has 0 bridgehead atoms. The Kier molecular flexibility index (Phi) is 3.97. The molecule has 4 rings (SSSR count). The van der Waals surface area contributed by atoms with Crippen LogP contribution in [0.25, 0.3) is 11.0 Å². The highest BCUT2D eigenvalue weighted by Crippen LogP contribution is 2.35. The van der Waals surface area contributed by atoms with Gasteiger partial charge in [-0.3, -0.25) is 4.99 Å². The average molecular weight is 332 g/mol. The lowest BCUT2D eigenvalue weighted by atomic mass is 9.94. The van der Waals surface area contributed by atoms with Crippen molar-refractivity contribution in [1.82, 2.24) is 5.32 Å². The van der Waals surface area contributed by atoms with Gasteiger partial charge in [-0.05, 0) is 38.5 Å². The van der Waals surface area contributed by atoms with Crippen molar-refractivity contribution in [3.05, 3.63) is 72.0 Å². The van der Waals surface area contributed by atoms with E-state index in [1.54, 1.807) is 0 Å². The molecule has 2 atom stereocenters. The van der Waals surface area contributed by atoms with Crippen LogP contribution in [-0.2, 0) is 0 Å². The van der Waals surface area contributed by atoms with Gasteiger partial charge in [-0.2, -0.15) is 0 Å². The Labute approximate surface area is 148 Å². The average Bonchev–Trinajstić information content (AvgIpc) is 3.17. The second-order valence-corrected chi connectivity index (χ2v) is 7.70. The third-order valence-electron chi connectivity index (χ3n) is 4.56. The van der Waals surface area contributed by atoms with Crippen molar-refractivity contribution in [3.63, 3.8) is 0 Å². The van der Waals surface area contributed by atoms with Crippen LogP contribution in [0, 0.1) is 0 Å². The van der Waals surface area contributed by atoms with Crippen molar-refractivity contribution in [2.75, 3.05) is 6.54 Å². The summed E-state index contributed by atoms with van der Waals surface area (Å²) >= 11 is 0. The van der Waals surface area contributed by atoms with Gasteiger partial charge in [0.15, 0.2) is 0 Å². The monoisotopic (exact) mass is 332 g/mol. The fourth-order valence-electron chi connectivity index (χ4n) is 3.53. The summed E-state index contributed by atoms with van der Waals surface area (Å²) in [6.45, 7) is 7.29. The minimum absolute atomic E-state index is 0.126. The van der Waals surface area contributed by atoms with Crippen LogP contribution >= 0.6 is 0 Å². The number of para-hydroxylation sites is 1. The SMILES string of the molecule is CC(C)(C)N=C1C(c2cc3ccccc3o2)CNC1c1ccccc1. The van der Waals surface area contributed by atoms with Gasteiger partial charge >= 0.3 is 0 Å². The molecule has 2 aromatic carbocycles. The predicted molar refractivity (Wildman–Crippen MR) is 103 cm³/mol. The maximum Gasteiger partial charge on any atom is 0.134 e. The number of furan rings is 1. The first-order valence-corrected chi connectivity index (χ1v) is 8.88. The third-order valence-corrected chi connectivity index (χ3v) is 4.56. The molecule has 0 aliphatic carbocycles. The summed E-state index contributed by atoms with van der Waals surface area (Å²) in [5.74, 6) is 1.16. The summed E-state index contributed by atoms with van der Waals surface area (Å²) in [6, 6.07) is 21.0. The molecule has 3 aromatic rings. The Morgan fingerprint density at radius 3 is 2.44 bits per heavy atom. The number of benzene rings is 2. The number of fused-ring (bicyclic) bond motifs is 1. The van der Waals surface area contributed by atoms with E-state index in [4.69, 9.17) is 9.41 Å². The Morgan fingerprint density at radius 1 is 1.00 bits per heavy atom. The predicted octanol–water partition coefficient (Wildman–Crippen LogP) is 5.10. The highest BCUT2D eigenvalue weighted by molar-refractivity contribution is 5.99. The number of hydrogen-bond donors (Lipinski definition) is 1. The van der Waals surface area contributed by atoms with Crippen molar-refractivity contribution in [2.24, 2.45) is 4.99 Å². The van der Waals surface area contributed by atoms with Gasteiger partial charge in [0.1, 0.15) is 11.3 Å². The fraction of sp³-hybridized carbons (Fsp3) is 0.318. The molecule has 2 heterocycles. The van der Waals surface area contributed by atoms with Gasteiger partial charge in [0.25, 0.3) is 0 Å². The summed E-state index contributed by atoms with van der Waals surface area (Å²) in [6.07, 6.45) is 0. The normalized spacial score (nSPS) is 22.8. The highest BCUT2D eigenvalue weighted by atomic mass is 16.3. The molecule has 25 heavy (non-hydrogen) atoms. The number of rotatable bonds is 2. The molecule has 0 saturated carbocycles. The van der Waals surface area contributed by atoms with Crippen molar-refractivity contribution in [3.8, 4) is 0 Å². The van der Waals surface area contributed by atoms with E-state index >= 15 is 0 Å². The van der Waals surface area contributed by atoms with Crippen LogP contribution in [0.4, 0.5) is 0 Å². The maximum absolute atomic E-state index is 6.16. The van der Waals surface area contributed by atoms with Gasteiger partial charge in [0.2, 0.25) is 0 Å². The number of hydrogen-bond acceptors (Lipinski definition) is 3. The van der Waals surface area contributed by atoms with Crippen LogP contribution in [0.15, 0.2) is 70.1 Å². The molecule has 1 aliphatic rings. The van der Waals surface area contributed by atoms with Crippen molar-refractivity contribution in [2.45, 2.75) is 38.3 Å². The summed E-state index contributed by atoms with van der Waals surface area (Å²) in [4.78, 5) is 5.09. The molecule has 0 spiro atoms. The largest absolute Gasteiger partial charge is 0.460 e. The van der Waals surface area contributed by atoms with Gasteiger partial charge in [0, 0.05) is 17.6 Å². The van der Waals surface area contributed by atoms with Crippen LogP contribution in [0.1, 0.15) is 44.1 Å². The Balaban J connectivity index is 1.77. The summed E-state index contributed by atoms with van der Waals surface area (Å²) < 4.78 is 6.16. The first-order valence-electron chi connectivity index (χ1n) is 8.88. The molecule has 128 valence electrons. The van der Waals surface area contributed by atoms with E-state index in [1.165, 1.54) is 5.56 Å². The lowest BCUT2D eigenvalue weighted by Crippen LogP contribution is -2.22. The van der Waals surface area contributed by atoms with Gasteiger partial charge < -0.3 is 9.73 Å². The van der Waals surface area contributed by atoms with E-state index < -0.39 is 0 Å². The standard InChI is InChI=1S/C22H24N2O/c1-22(2,3)24-21-17(14-23-20(21)15-9-5-4-6-10-15)19-13-16-11-7-8-12-18(16)25-19/h4-13,17,20,23H,14H2,1-3H3. The summed E-state index contributed by atoms with van der Waals surface area (Å²) in [5, 5.41) is 4.80. The smallest absolute Gasteiger partial charge is 0.134 e. The molecule has 2 unspecified atom stereocenters. The summed E-state index contributed by atoms with van der Waals surface area (Å²) in [7, 11) is 0. The van der Waals surface area contributed by atoms with E-state index in [2.05, 4.69) is 68.6 Å². The van der Waals surface area contributed by atoms with E-state index in [0.29, 0.717) is 0 Å². The zero-order valence-electron chi connectivity index (χ0n) is 15.0. The maximum atomic E-state index is 6.16. The van der Waals surface area contributed by atoms with Gasteiger partial charge in [-0.1, -0.05) is 48.5 Å². The van der Waals surface area contributed by atoms with Crippen LogP contribution < -0.4 is 5.32 Å². The van der Waals surface area contributed by atoms with Gasteiger partial charge in [-0.15, -0.1) is 0 Å². The number of nitrogens with one attached hydrogen (secondary N) is 1. The number of nitrogens with zero attached hydrogens (tertiary/aromatic N) is 1. The minimum Gasteiger partial charge on any atom is -0.460 e. The zero-order valence-corrected chi connectivity index (χ0v) is 15.0. The molecule has 0 amide bonds. The Bertz CT molecular complexity index is 869. The van der Waals surface area contributed by atoms with Crippen LogP contribution in [-0.4, -0.2) is 17.8 Å². The molecule has 3 nitrogen and oxygen atoms in total. The van der Waals surface area contributed by atoms with E-state index in [1.807, 2.05) is 18.2 Å². The quantitative estimate of drug-likeness (QED) is 0.709. The topological polar surface area (TPSA) is 37.5 Å². The molecule has 1 aromatic heterocycles. The molecular formula is C22H24N2O. The first kappa shape index (κ1) is 16.1. The minimum atomic E-state index is -0.126. The van der Waals surface area contributed by atoms with Crippen LogP contribution in [0.3, 0.4) is 0 Å². The molecule has 0 radical (unpaired) electrons. The molecule has 1 saturated heterocycles. The van der Waals surface area contributed by atoms with E-state index in [-0.39, 0.29) is 17.5 Å². The lowest BCUT2D eigenvalue weighted by Gasteiger charge is -2.20. The van der Waals surface area contributed by atoms with E-state index in [9.17, 15) is 0 Å². The Morgan fingerprint density at radius 2 is 1.72 bits per heavy atom. The van der Waals surface area contributed by atoms with E-state index in [0.717, 1.165) is 29.0 Å². The molecule has 3 heteroatoms. The summed E-state index contributed by atoms with van der Waals surface area (Å²) in [5.41, 5.74) is 3.23. The molecule has 1 N–H and O–H groups in total. The molecule has 1 aliphatic heterocycles. The highest BCUT2D eigenvalue weighted by Gasteiger charge is 2.36. The van der Waals surface area contributed by atoms with Crippen molar-refractivity contribution < 1.29 is 4.42 Å². The van der Waals surface area contributed by atoms with Crippen molar-refractivity contribution in [1.29, 1.82) is 0 Å². The second kappa shape index (κ2) is 6.16. The lowest BCUT2D eigenvalue weighted by molar-refractivity contribution is 0.531. The Hall–Kier alpha value is -2.39. The first-order chi connectivity index (χ1) is 12.0. The van der Waals surface area contributed by atoms with Crippen LogP contribution in [0.5, 0.6) is 0 Å². The molecule has 1 fully saturated rings. The second-order valence-electron chi connectivity index (χ2n) is 7.70. The fourth-order valence-corrected chi connectivity index (χ4v) is 3.53. The van der Waals surface area contributed by atoms with Gasteiger partial charge in [0.05, 0.1) is 17.5 Å². The van der Waals surface area contributed by atoms with Crippen molar-refractivity contribution >= 4 is 16.7 Å². The van der Waals surface area contributed by atoms with Gasteiger partial charge in [-0.25, -0.2) is 0 Å². The van der Waals surface area contributed by atoms with Crippen LogP contribution in [0.2, 0.25) is 0 Å². The molecular weight excluding hydrogens is 308 g/mol.